The fourth-order valence-electron chi connectivity index (χ4n) is 2.08. The fourth-order valence-corrected chi connectivity index (χ4v) is 2.97. The molecule has 0 atom stereocenters. The van der Waals surface area contributed by atoms with Crippen LogP contribution in [0, 0.1) is 11.8 Å². The van der Waals surface area contributed by atoms with Gasteiger partial charge in [-0.3, -0.25) is 0 Å². The first kappa shape index (κ1) is 10.8. The smallest absolute Gasteiger partial charge is 0.00237 e. The van der Waals surface area contributed by atoms with Crippen molar-refractivity contribution in [1.82, 2.24) is 4.90 Å². The lowest BCUT2D eigenvalue weighted by atomic mass is 9.83. The van der Waals surface area contributed by atoms with Gasteiger partial charge in [-0.05, 0) is 51.6 Å². The van der Waals surface area contributed by atoms with Gasteiger partial charge in [0.25, 0.3) is 0 Å². The van der Waals surface area contributed by atoms with Gasteiger partial charge in [-0.1, -0.05) is 22.6 Å². The van der Waals surface area contributed by atoms with Crippen LogP contribution in [0.4, 0.5) is 0 Å². The summed E-state index contributed by atoms with van der Waals surface area (Å²) in [4.78, 5) is 2.33. The molecule has 12 heavy (non-hydrogen) atoms. The van der Waals surface area contributed by atoms with Crippen LogP contribution in [0.2, 0.25) is 0 Å². The van der Waals surface area contributed by atoms with Crippen LogP contribution in [-0.2, 0) is 0 Å². The molecule has 0 radical (unpaired) electrons. The van der Waals surface area contributed by atoms with E-state index in [1.807, 2.05) is 0 Å². The second-order valence-corrected chi connectivity index (χ2v) is 5.18. The maximum Gasteiger partial charge on any atom is 0.00237 e. The van der Waals surface area contributed by atoms with Crippen LogP contribution in [0.3, 0.4) is 0 Å². The summed E-state index contributed by atoms with van der Waals surface area (Å²) in [5, 5.41) is 0. The van der Waals surface area contributed by atoms with Gasteiger partial charge in [0.2, 0.25) is 0 Å². The minimum atomic E-state index is 0.985. The van der Waals surface area contributed by atoms with Crippen LogP contribution in [-0.4, -0.2) is 30.0 Å². The maximum atomic E-state index is 2.53. The molecule has 1 saturated carbocycles. The Morgan fingerprint density at radius 3 is 2.00 bits per heavy atom. The Morgan fingerprint density at radius 1 is 1.08 bits per heavy atom. The van der Waals surface area contributed by atoms with E-state index in [0.717, 1.165) is 11.8 Å². The molecular weight excluding hydrogens is 261 g/mol. The van der Waals surface area contributed by atoms with Crippen LogP contribution < -0.4 is 0 Å². The van der Waals surface area contributed by atoms with Crippen molar-refractivity contribution in [1.29, 1.82) is 0 Å². The second kappa shape index (κ2) is 5.43. The van der Waals surface area contributed by atoms with Crippen LogP contribution in [0.25, 0.3) is 0 Å². The molecule has 0 unspecified atom stereocenters. The van der Waals surface area contributed by atoms with Crippen LogP contribution in [0.1, 0.15) is 25.7 Å². The van der Waals surface area contributed by atoms with Gasteiger partial charge in [-0.2, -0.15) is 0 Å². The van der Waals surface area contributed by atoms with E-state index in [1.54, 1.807) is 0 Å². The molecule has 72 valence electrons. The molecule has 1 nitrogen and oxygen atoms in total. The molecule has 1 rings (SSSR count). The third-order valence-electron chi connectivity index (χ3n) is 2.81. The average molecular weight is 281 g/mol. The molecule has 2 heteroatoms. The quantitative estimate of drug-likeness (QED) is 0.568. The highest BCUT2D eigenvalue weighted by Crippen LogP contribution is 2.29. The van der Waals surface area contributed by atoms with Gasteiger partial charge in [0.15, 0.2) is 0 Å². The molecule has 0 aliphatic heterocycles. The molecule has 0 N–H and O–H groups in total. The number of nitrogens with zero attached hydrogens (tertiary/aromatic N) is 1. The molecule has 0 spiro atoms. The lowest BCUT2D eigenvalue weighted by Gasteiger charge is -2.29. The third-order valence-corrected chi connectivity index (χ3v) is 4.05. The average Bonchev–Trinajstić information content (AvgIpc) is 2.05. The second-order valence-electron chi connectivity index (χ2n) is 4.30. The molecule has 0 aromatic carbocycles. The van der Waals surface area contributed by atoms with Crippen molar-refractivity contribution in [2.75, 3.05) is 25.1 Å². The zero-order chi connectivity index (χ0) is 8.97. The Hall–Kier alpha value is 0.690. The largest absolute Gasteiger partial charge is 0.309 e. The number of hydrogen-bond acceptors (Lipinski definition) is 1. The molecule has 0 aromatic rings. The summed E-state index contributed by atoms with van der Waals surface area (Å²) in [6, 6.07) is 0. The molecule has 0 bridgehead atoms. The predicted molar refractivity (Wildman–Crippen MR) is 62.9 cm³/mol. The van der Waals surface area contributed by atoms with E-state index in [4.69, 9.17) is 0 Å². The zero-order valence-corrected chi connectivity index (χ0v) is 10.4. The van der Waals surface area contributed by atoms with Gasteiger partial charge in [0.05, 0.1) is 0 Å². The van der Waals surface area contributed by atoms with Gasteiger partial charge in [0.1, 0.15) is 0 Å². The summed E-state index contributed by atoms with van der Waals surface area (Å²) < 4.78 is 1.37. The Morgan fingerprint density at radius 2 is 1.58 bits per heavy atom. The van der Waals surface area contributed by atoms with Gasteiger partial charge in [-0.15, -0.1) is 0 Å². The molecule has 0 saturated heterocycles. The van der Waals surface area contributed by atoms with E-state index in [9.17, 15) is 0 Å². The lowest BCUT2D eigenvalue weighted by Crippen LogP contribution is -2.26. The summed E-state index contributed by atoms with van der Waals surface area (Å²) in [7, 11) is 4.37. The summed E-state index contributed by atoms with van der Waals surface area (Å²) in [5.41, 5.74) is 0. The van der Waals surface area contributed by atoms with E-state index in [1.165, 1.54) is 36.7 Å². The van der Waals surface area contributed by atoms with Crippen LogP contribution in [0.5, 0.6) is 0 Å². The molecule has 1 aliphatic carbocycles. The molecule has 0 aromatic heterocycles. The predicted octanol–water partition coefficient (Wildman–Crippen LogP) is 2.79. The van der Waals surface area contributed by atoms with Crippen molar-refractivity contribution in [3.8, 4) is 0 Å². The van der Waals surface area contributed by atoms with E-state index in [-0.39, 0.29) is 0 Å². The van der Waals surface area contributed by atoms with Crippen molar-refractivity contribution in [3.63, 3.8) is 0 Å². The molecule has 1 aliphatic rings. The minimum absolute atomic E-state index is 0.985. The first-order valence-corrected chi connectivity index (χ1v) is 6.45. The highest BCUT2D eigenvalue weighted by Gasteiger charge is 2.20. The standard InChI is InChI=1S/C10H20IN/c1-12(2)8-10-5-3-9(7-11)4-6-10/h9-10H,3-8H2,1-2H3. The Labute approximate surface area is 90.0 Å². The van der Waals surface area contributed by atoms with Crippen LogP contribution >= 0.6 is 22.6 Å². The Balaban J connectivity index is 2.17. The number of halogens is 1. The normalized spacial score (nSPS) is 31.0. The highest BCUT2D eigenvalue weighted by atomic mass is 127. The molecule has 0 heterocycles. The van der Waals surface area contributed by atoms with Crippen molar-refractivity contribution < 1.29 is 0 Å². The fraction of sp³-hybridized carbons (Fsp3) is 1.00. The zero-order valence-electron chi connectivity index (χ0n) is 8.22. The molecule has 0 amide bonds. The summed E-state index contributed by atoms with van der Waals surface area (Å²) in [5.74, 6) is 2.02. The van der Waals surface area contributed by atoms with E-state index < -0.39 is 0 Å². The molecular formula is C10H20IN. The SMILES string of the molecule is CN(C)CC1CCC(CI)CC1. The van der Waals surface area contributed by atoms with Gasteiger partial charge >= 0.3 is 0 Å². The lowest BCUT2D eigenvalue weighted by molar-refractivity contribution is 0.234. The first-order chi connectivity index (χ1) is 5.72. The number of hydrogen-bond donors (Lipinski definition) is 0. The summed E-state index contributed by atoms with van der Waals surface area (Å²) >= 11 is 2.53. The van der Waals surface area contributed by atoms with Crippen molar-refractivity contribution in [2.24, 2.45) is 11.8 Å². The van der Waals surface area contributed by atoms with Crippen molar-refractivity contribution >= 4 is 22.6 Å². The van der Waals surface area contributed by atoms with E-state index in [0.29, 0.717) is 0 Å². The van der Waals surface area contributed by atoms with Crippen molar-refractivity contribution in [2.45, 2.75) is 25.7 Å². The topological polar surface area (TPSA) is 3.24 Å². The monoisotopic (exact) mass is 281 g/mol. The summed E-state index contributed by atoms with van der Waals surface area (Å²) in [6.07, 6.45) is 5.88. The maximum absolute atomic E-state index is 2.53. The van der Waals surface area contributed by atoms with Gasteiger partial charge < -0.3 is 4.90 Å². The Kier molecular flexibility index (Phi) is 4.87. The van der Waals surface area contributed by atoms with Crippen LogP contribution in [0.15, 0.2) is 0 Å². The van der Waals surface area contributed by atoms with Gasteiger partial charge in [-0.25, -0.2) is 0 Å². The van der Waals surface area contributed by atoms with Crippen molar-refractivity contribution in [3.05, 3.63) is 0 Å². The van der Waals surface area contributed by atoms with E-state index >= 15 is 0 Å². The van der Waals surface area contributed by atoms with Gasteiger partial charge in [0, 0.05) is 11.0 Å². The number of alkyl halides is 1. The summed E-state index contributed by atoms with van der Waals surface area (Å²) in [6.45, 7) is 1.30. The minimum Gasteiger partial charge on any atom is -0.309 e. The third kappa shape index (κ3) is 3.60. The Bertz CT molecular complexity index is 117. The highest BCUT2D eigenvalue weighted by molar-refractivity contribution is 14.1. The molecule has 1 fully saturated rings. The van der Waals surface area contributed by atoms with E-state index in [2.05, 4.69) is 41.6 Å². The first-order valence-electron chi connectivity index (χ1n) is 4.93. The number of rotatable bonds is 3.